The van der Waals surface area contributed by atoms with Crippen LogP contribution in [0.4, 0.5) is 0 Å². The second kappa shape index (κ2) is 9.82. The van der Waals surface area contributed by atoms with Crippen molar-refractivity contribution in [3.05, 3.63) is 92.7 Å². The van der Waals surface area contributed by atoms with E-state index in [1.165, 1.54) is 5.39 Å². The zero-order valence-corrected chi connectivity index (χ0v) is 22.3. The molecule has 3 aliphatic rings. The first kappa shape index (κ1) is 24.0. The third-order valence-corrected chi connectivity index (χ3v) is 8.22. The molecule has 6 heteroatoms. The van der Waals surface area contributed by atoms with E-state index in [4.69, 9.17) is 9.47 Å². The highest BCUT2D eigenvalue weighted by Gasteiger charge is 2.40. The standard InChI is InChI=1S/C31H28BrNO4/c1-36-27-16-20(15-22(32)31(27)37-17-19-9-4-8-18-7-2-3-10-21(18)19)28-29-23(11-5-13-25(29)34)33-24-12-6-14-26(35)30(24)28/h2-4,7-10,15-16,28,33H,5-6,11-14,17H2,1H3. The highest BCUT2D eigenvalue weighted by molar-refractivity contribution is 9.10. The molecule has 0 saturated heterocycles. The molecule has 6 rings (SSSR count). The van der Waals surface area contributed by atoms with Crippen LogP contribution in [-0.2, 0) is 16.2 Å². The smallest absolute Gasteiger partial charge is 0.175 e. The molecule has 37 heavy (non-hydrogen) atoms. The number of ether oxygens (including phenoxy) is 2. The van der Waals surface area contributed by atoms with E-state index >= 15 is 0 Å². The molecule has 0 atom stereocenters. The molecule has 2 aliphatic carbocycles. The average Bonchev–Trinajstić information content (AvgIpc) is 2.91. The zero-order chi connectivity index (χ0) is 25.5. The number of carbonyl (C=O) groups excluding carboxylic acids is 2. The topological polar surface area (TPSA) is 64.6 Å². The first-order valence-corrected chi connectivity index (χ1v) is 13.6. The number of ketones is 2. The van der Waals surface area contributed by atoms with Crippen molar-refractivity contribution in [3.63, 3.8) is 0 Å². The minimum absolute atomic E-state index is 0.120. The van der Waals surface area contributed by atoms with Crippen LogP contribution in [0.3, 0.4) is 0 Å². The summed E-state index contributed by atoms with van der Waals surface area (Å²) in [6.45, 7) is 0.380. The van der Waals surface area contributed by atoms with Gasteiger partial charge in [0.25, 0.3) is 0 Å². The number of nitrogens with one attached hydrogen (secondary N) is 1. The lowest BCUT2D eigenvalue weighted by Crippen LogP contribution is -2.36. The minimum atomic E-state index is -0.385. The van der Waals surface area contributed by atoms with Gasteiger partial charge in [-0.15, -0.1) is 0 Å². The summed E-state index contributed by atoms with van der Waals surface area (Å²) in [5, 5.41) is 5.79. The van der Waals surface area contributed by atoms with Gasteiger partial charge in [-0.1, -0.05) is 42.5 Å². The number of fused-ring (bicyclic) bond motifs is 1. The van der Waals surface area contributed by atoms with Gasteiger partial charge in [-0.3, -0.25) is 9.59 Å². The van der Waals surface area contributed by atoms with E-state index in [1.807, 2.05) is 30.3 Å². The van der Waals surface area contributed by atoms with Gasteiger partial charge >= 0.3 is 0 Å². The highest BCUT2D eigenvalue weighted by atomic mass is 79.9. The predicted octanol–water partition coefficient (Wildman–Crippen LogP) is 6.89. The molecule has 0 aromatic heterocycles. The van der Waals surface area contributed by atoms with Crippen molar-refractivity contribution in [1.82, 2.24) is 5.32 Å². The summed E-state index contributed by atoms with van der Waals surface area (Å²) in [6.07, 6.45) is 4.35. The van der Waals surface area contributed by atoms with Crippen LogP contribution in [0.25, 0.3) is 10.8 Å². The van der Waals surface area contributed by atoms with Gasteiger partial charge in [0.15, 0.2) is 23.1 Å². The van der Waals surface area contributed by atoms with Crippen LogP contribution < -0.4 is 14.8 Å². The quantitative estimate of drug-likeness (QED) is 0.370. The van der Waals surface area contributed by atoms with E-state index < -0.39 is 0 Å². The van der Waals surface area contributed by atoms with Gasteiger partial charge in [0.2, 0.25) is 0 Å². The number of Topliss-reactive ketones (excluding diaryl/α,β-unsaturated/α-hetero) is 2. The number of hydrogen-bond acceptors (Lipinski definition) is 5. The Morgan fingerprint density at radius 1 is 0.892 bits per heavy atom. The summed E-state index contributed by atoms with van der Waals surface area (Å²) in [6, 6.07) is 18.4. The Hall–Kier alpha value is -3.38. The summed E-state index contributed by atoms with van der Waals surface area (Å²) in [5.41, 5.74) is 5.37. The summed E-state index contributed by atoms with van der Waals surface area (Å²) < 4.78 is 12.8. The summed E-state index contributed by atoms with van der Waals surface area (Å²) in [7, 11) is 1.62. The lowest BCUT2D eigenvalue weighted by atomic mass is 9.71. The number of carbonyl (C=O) groups is 2. The molecule has 3 aromatic rings. The molecule has 0 fully saturated rings. The van der Waals surface area contributed by atoms with Crippen LogP contribution in [0.15, 0.2) is 81.6 Å². The number of halogens is 1. The van der Waals surface area contributed by atoms with Crippen molar-refractivity contribution in [2.45, 2.75) is 51.0 Å². The fourth-order valence-corrected chi connectivity index (χ4v) is 6.51. The molecule has 0 amide bonds. The van der Waals surface area contributed by atoms with Crippen LogP contribution >= 0.6 is 15.9 Å². The number of rotatable bonds is 5. The Morgan fingerprint density at radius 3 is 2.27 bits per heavy atom. The fourth-order valence-electron chi connectivity index (χ4n) is 5.93. The van der Waals surface area contributed by atoms with Gasteiger partial charge in [-0.25, -0.2) is 0 Å². The Morgan fingerprint density at radius 2 is 1.57 bits per heavy atom. The molecule has 0 saturated carbocycles. The number of hydrogen-bond donors (Lipinski definition) is 1. The molecule has 0 unspecified atom stereocenters. The number of dihydropyridines is 1. The van der Waals surface area contributed by atoms with E-state index in [2.05, 4.69) is 45.5 Å². The maximum Gasteiger partial charge on any atom is 0.175 e. The van der Waals surface area contributed by atoms with E-state index in [9.17, 15) is 9.59 Å². The van der Waals surface area contributed by atoms with Crippen LogP contribution in [0.2, 0.25) is 0 Å². The van der Waals surface area contributed by atoms with Gasteiger partial charge in [0, 0.05) is 41.3 Å². The van der Waals surface area contributed by atoms with Gasteiger partial charge in [-0.05, 0) is 75.6 Å². The number of benzene rings is 3. The second-order valence-electron chi connectivity index (χ2n) is 9.86. The Bertz CT molecular complexity index is 1460. The lowest BCUT2D eigenvalue weighted by molar-refractivity contribution is -0.116. The normalized spacial score (nSPS) is 18.0. The van der Waals surface area contributed by atoms with Crippen LogP contribution in [0.5, 0.6) is 11.5 Å². The molecule has 0 spiro atoms. The van der Waals surface area contributed by atoms with Gasteiger partial charge in [-0.2, -0.15) is 0 Å². The largest absolute Gasteiger partial charge is 0.493 e. The Kier molecular flexibility index (Phi) is 6.37. The molecule has 1 N–H and O–H groups in total. The summed E-state index contributed by atoms with van der Waals surface area (Å²) in [5.74, 6) is 1.02. The van der Waals surface area contributed by atoms with Crippen molar-refractivity contribution < 1.29 is 19.1 Å². The second-order valence-corrected chi connectivity index (χ2v) is 10.7. The maximum absolute atomic E-state index is 13.2. The first-order valence-electron chi connectivity index (χ1n) is 12.8. The molecule has 1 heterocycles. The van der Waals surface area contributed by atoms with Gasteiger partial charge < -0.3 is 14.8 Å². The average molecular weight is 558 g/mol. The van der Waals surface area contributed by atoms with E-state index in [-0.39, 0.29) is 17.5 Å². The first-order chi connectivity index (χ1) is 18.0. The van der Waals surface area contributed by atoms with Crippen LogP contribution in [0, 0.1) is 0 Å². The predicted molar refractivity (Wildman–Crippen MR) is 147 cm³/mol. The van der Waals surface area contributed by atoms with Crippen molar-refractivity contribution in [1.29, 1.82) is 0 Å². The number of methoxy groups -OCH3 is 1. The minimum Gasteiger partial charge on any atom is -0.493 e. The van der Waals surface area contributed by atoms with Crippen LogP contribution in [0.1, 0.15) is 55.6 Å². The molecule has 0 bridgehead atoms. The van der Waals surface area contributed by atoms with Crippen LogP contribution in [-0.4, -0.2) is 18.7 Å². The third-order valence-electron chi connectivity index (χ3n) is 7.63. The molecule has 188 valence electrons. The monoisotopic (exact) mass is 557 g/mol. The van der Waals surface area contributed by atoms with Gasteiger partial charge in [0.05, 0.1) is 11.6 Å². The van der Waals surface area contributed by atoms with E-state index in [0.717, 1.165) is 69.2 Å². The summed E-state index contributed by atoms with van der Waals surface area (Å²) in [4.78, 5) is 26.3. The number of allylic oxidation sites excluding steroid dienone is 4. The molecular formula is C31H28BrNO4. The third kappa shape index (κ3) is 4.27. The molecular weight excluding hydrogens is 530 g/mol. The van der Waals surface area contributed by atoms with E-state index in [0.29, 0.717) is 30.9 Å². The fraction of sp³-hybridized carbons (Fsp3) is 0.290. The zero-order valence-electron chi connectivity index (χ0n) is 20.7. The van der Waals surface area contributed by atoms with Crippen molar-refractivity contribution >= 4 is 38.3 Å². The lowest BCUT2D eigenvalue weighted by Gasteiger charge is -2.37. The molecule has 3 aromatic carbocycles. The molecule has 5 nitrogen and oxygen atoms in total. The Balaban J connectivity index is 1.40. The summed E-state index contributed by atoms with van der Waals surface area (Å²) >= 11 is 3.71. The Labute approximate surface area is 224 Å². The highest BCUT2D eigenvalue weighted by Crippen LogP contribution is 2.48. The molecule has 0 radical (unpaired) electrons. The van der Waals surface area contributed by atoms with Crippen molar-refractivity contribution in [2.75, 3.05) is 7.11 Å². The molecule has 1 aliphatic heterocycles. The van der Waals surface area contributed by atoms with Gasteiger partial charge in [0.1, 0.15) is 6.61 Å². The van der Waals surface area contributed by atoms with Crippen molar-refractivity contribution in [3.8, 4) is 11.5 Å². The van der Waals surface area contributed by atoms with Crippen molar-refractivity contribution in [2.24, 2.45) is 0 Å². The maximum atomic E-state index is 13.2. The van der Waals surface area contributed by atoms with E-state index in [1.54, 1.807) is 7.11 Å². The SMILES string of the molecule is COc1cc(C2C3=C(CCCC3=O)NC3=C2C(=O)CCC3)cc(Br)c1OCc1cccc2ccccc12.